The van der Waals surface area contributed by atoms with E-state index in [0.29, 0.717) is 43.7 Å². The van der Waals surface area contributed by atoms with Crippen LogP contribution in [-0.2, 0) is 4.79 Å². The number of hydrogen-bond donors (Lipinski definition) is 1. The lowest BCUT2D eigenvalue weighted by molar-refractivity contribution is -0.110. The summed E-state index contributed by atoms with van der Waals surface area (Å²) in [5.74, 6) is 0.835. The van der Waals surface area contributed by atoms with Crippen LogP contribution < -0.4 is 10.1 Å². The highest BCUT2D eigenvalue weighted by Crippen LogP contribution is 2.34. The van der Waals surface area contributed by atoms with Crippen LogP contribution in [0.4, 0.5) is 11.4 Å². The highest BCUT2D eigenvalue weighted by atomic mass is 35.5. The van der Waals surface area contributed by atoms with E-state index in [1.165, 1.54) is 0 Å². The van der Waals surface area contributed by atoms with E-state index in [2.05, 4.69) is 10.3 Å². The normalized spacial score (nSPS) is 14.1. The van der Waals surface area contributed by atoms with E-state index >= 15 is 0 Å². The SMILES string of the molecule is Cc1c(Cl)ccc2c1NC(=O)C2=Nc1ccc(Oc2ccc(Cl)cc2Cl)cc1. The Labute approximate surface area is 176 Å². The molecular formula is C21H13Cl3N2O2. The van der Waals surface area contributed by atoms with Crippen LogP contribution in [0.25, 0.3) is 0 Å². The molecule has 0 fully saturated rings. The fraction of sp³-hybridized carbons (Fsp3) is 0.0476. The largest absolute Gasteiger partial charge is 0.456 e. The van der Waals surface area contributed by atoms with Crippen molar-refractivity contribution in [3.8, 4) is 11.5 Å². The molecule has 0 radical (unpaired) electrons. The molecule has 3 aromatic carbocycles. The Morgan fingerprint density at radius 2 is 1.68 bits per heavy atom. The fourth-order valence-corrected chi connectivity index (χ4v) is 3.46. The molecule has 140 valence electrons. The van der Waals surface area contributed by atoms with E-state index in [9.17, 15) is 4.79 Å². The van der Waals surface area contributed by atoms with Crippen molar-refractivity contribution in [1.82, 2.24) is 0 Å². The van der Waals surface area contributed by atoms with Gasteiger partial charge in [0.25, 0.3) is 5.91 Å². The quantitative estimate of drug-likeness (QED) is 0.494. The zero-order chi connectivity index (χ0) is 19.8. The topological polar surface area (TPSA) is 50.7 Å². The van der Waals surface area contributed by atoms with E-state index in [0.717, 1.165) is 11.1 Å². The van der Waals surface area contributed by atoms with Gasteiger partial charge >= 0.3 is 0 Å². The molecule has 0 bridgehead atoms. The molecule has 0 spiro atoms. The summed E-state index contributed by atoms with van der Waals surface area (Å²) in [4.78, 5) is 16.8. The first-order chi connectivity index (χ1) is 13.4. The maximum Gasteiger partial charge on any atom is 0.275 e. The Bertz CT molecular complexity index is 1130. The minimum Gasteiger partial charge on any atom is -0.456 e. The molecule has 7 heteroatoms. The second-order valence-electron chi connectivity index (χ2n) is 6.18. The van der Waals surface area contributed by atoms with Crippen molar-refractivity contribution in [3.63, 3.8) is 0 Å². The van der Waals surface area contributed by atoms with Crippen LogP contribution in [0.1, 0.15) is 11.1 Å². The van der Waals surface area contributed by atoms with Crippen molar-refractivity contribution in [3.05, 3.63) is 80.8 Å². The molecule has 0 unspecified atom stereocenters. The number of carbonyl (C=O) groups is 1. The molecule has 28 heavy (non-hydrogen) atoms. The molecule has 1 heterocycles. The maximum absolute atomic E-state index is 12.3. The van der Waals surface area contributed by atoms with Gasteiger partial charge in [0.15, 0.2) is 0 Å². The van der Waals surface area contributed by atoms with Crippen LogP contribution in [0.5, 0.6) is 11.5 Å². The molecule has 0 saturated carbocycles. The molecule has 1 aliphatic rings. The van der Waals surface area contributed by atoms with Crippen molar-refractivity contribution in [2.24, 2.45) is 4.99 Å². The van der Waals surface area contributed by atoms with Crippen LogP contribution in [0.15, 0.2) is 59.6 Å². The molecule has 0 aromatic heterocycles. The Balaban J connectivity index is 1.60. The van der Waals surface area contributed by atoms with Crippen LogP contribution in [-0.4, -0.2) is 11.6 Å². The van der Waals surface area contributed by atoms with Crippen molar-refractivity contribution < 1.29 is 9.53 Å². The molecule has 1 N–H and O–H groups in total. The number of nitrogens with one attached hydrogen (secondary N) is 1. The van der Waals surface area contributed by atoms with Crippen LogP contribution in [0, 0.1) is 6.92 Å². The number of rotatable bonds is 3. The highest BCUT2D eigenvalue weighted by molar-refractivity contribution is 6.54. The number of carbonyl (C=O) groups excluding carboxylic acids is 1. The van der Waals surface area contributed by atoms with Crippen LogP contribution in [0.2, 0.25) is 15.1 Å². The first-order valence-electron chi connectivity index (χ1n) is 8.35. The minimum absolute atomic E-state index is 0.256. The highest BCUT2D eigenvalue weighted by Gasteiger charge is 2.28. The average Bonchev–Trinajstić information content (AvgIpc) is 2.98. The Morgan fingerprint density at radius 3 is 2.39 bits per heavy atom. The number of fused-ring (bicyclic) bond motifs is 1. The monoisotopic (exact) mass is 430 g/mol. The van der Waals surface area contributed by atoms with Crippen molar-refractivity contribution in [1.29, 1.82) is 0 Å². The van der Waals surface area contributed by atoms with E-state index in [1.807, 2.05) is 6.92 Å². The Morgan fingerprint density at radius 1 is 0.929 bits per heavy atom. The number of ether oxygens (including phenoxy) is 1. The summed E-state index contributed by atoms with van der Waals surface area (Å²) in [6.45, 7) is 1.86. The fourth-order valence-electron chi connectivity index (χ4n) is 2.85. The number of nitrogens with zero attached hydrogens (tertiary/aromatic N) is 1. The van der Waals surface area contributed by atoms with Crippen molar-refractivity contribution >= 4 is 57.8 Å². The Kier molecular flexibility index (Phi) is 5.02. The lowest BCUT2D eigenvalue weighted by atomic mass is 10.1. The van der Waals surface area contributed by atoms with Gasteiger partial charge in [-0.25, -0.2) is 4.99 Å². The third kappa shape index (κ3) is 3.59. The summed E-state index contributed by atoms with van der Waals surface area (Å²) in [6, 6.07) is 15.6. The summed E-state index contributed by atoms with van der Waals surface area (Å²) in [5, 5.41) is 4.39. The molecule has 0 saturated heterocycles. The lowest BCUT2D eigenvalue weighted by Crippen LogP contribution is -2.13. The molecular weight excluding hydrogens is 419 g/mol. The van der Waals surface area contributed by atoms with Crippen LogP contribution >= 0.6 is 34.8 Å². The zero-order valence-electron chi connectivity index (χ0n) is 14.6. The van der Waals surface area contributed by atoms with Gasteiger partial charge in [0.1, 0.15) is 17.2 Å². The third-order valence-electron chi connectivity index (χ3n) is 4.31. The van der Waals surface area contributed by atoms with Gasteiger partial charge in [-0.15, -0.1) is 0 Å². The Hall–Kier alpha value is -2.53. The first kappa shape index (κ1) is 18.8. The minimum atomic E-state index is -0.256. The number of amides is 1. The summed E-state index contributed by atoms with van der Waals surface area (Å²) in [6.07, 6.45) is 0. The van der Waals surface area contributed by atoms with E-state index in [-0.39, 0.29) is 5.91 Å². The van der Waals surface area contributed by atoms with Gasteiger partial charge in [0.2, 0.25) is 0 Å². The molecule has 0 aliphatic carbocycles. The smallest absolute Gasteiger partial charge is 0.275 e. The number of aliphatic imine (C=N–C) groups is 1. The molecule has 0 atom stereocenters. The maximum atomic E-state index is 12.3. The molecule has 4 rings (SSSR count). The van der Waals surface area contributed by atoms with E-state index in [4.69, 9.17) is 39.5 Å². The van der Waals surface area contributed by atoms with Crippen molar-refractivity contribution in [2.75, 3.05) is 5.32 Å². The van der Waals surface area contributed by atoms with Crippen LogP contribution in [0.3, 0.4) is 0 Å². The van der Waals surface area contributed by atoms with Gasteiger partial charge in [-0.05, 0) is 67.1 Å². The van der Waals surface area contributed by atoms with E-state index < -0.39 is 0 Å². The summed E-state index contributed by atoms with van der Waals surface area (Å²) >= 11 is 18.1. The van der Waals surface area contributed by atoms with Crippen molar-refractivity contribution in [2.45, 2.75) is 6.92 Å². The predicted molar refractivity (Wildman–Crippen MR) is 114 cm³/mol. The summed E-state index contributed by atoms with van der Waals surface area (Å²) < 4.78 is 5.76. The molecule has 4 nitrogen and oxygen atoms in total. The summed E-state index contributed by atoms with van der Waals surface area (Å²) in [7, 11) is 0. The number of anilines is 1. The van der Waals surface area contributed by atoms with Gasteiger partial charge in [-0.1, -0.05) is 34.8 Å². The second-order valence-corrected chi connectivity index (χ2v) is 7.43. The number of hydrogen-bond acceptors (Lipinski definition) is 3. The lowest BCUT2D eigenvalue weighted by Gasteiger charge is -2.08. The third-order valence-corrected chi connectivity index (χ3v) is 5.25. The average molecular weight is 432 g/mol. The molecule has 3 aromatic rings. The van der Waals surface area contributed by atoms with Gasteiger partial charge in [0, 0.05) is 15.6 Å². The van der Waals surface area contributed by atoms with Gasteiger partial charge in [0.05, 0.1) is 16.4 Å². The number of halogens is 3. The zero-order valence-corrected chi connectivity index (χ0v) is 16.9. The van der Waals surface area contributed by atoms with E-state index in [1.54, 1.807) is 54.6 Å². The first-order valence-corrected chi connectivity index (χ1v) is 9.48. The van der Waals surface area contributed by atoms with Gasteiger partial charge < -0.3 is 10.1 Å². The standard InChI is InChI=1S/C21H13Cl3N2O2/c1-11-16(23)8-7-15-19(11)26-21(27)20(15)25-13-3-5-14(6-4-13)28-18-9-2-12(22)10-17(18)24/h2-10H,1H3,(H,25,26,27). The second kappa shape index (κ2) is 7.47. The summed E-state index contributed by atoms with van der Waals surface area (Å²) in [5.41, 5.74) is 3.24. The molecule has 1 amide bonds. The van der Waals surface area contributed by atoms with Gasteiger partial charge in [-0.2, -0.15) is 0 Å². The number of benzene rings is 3. The van der Waals surface area contributed by atoms with Gasteiger partial charge in [-0.3, -0.25) is 4.79 Å². The predicted octanol–water partition coefficient (Wildman–Crippen LogP) is 6.82. The molecule has 1 aliphatic heterocycles.